The minimum Gasteiger partial charge on any atom is -0.366 e. The maximum atomic E-state index is 12.9. The van der Waals surface area contributed by atoms with E-state index in [1.807, 2.05) is 6.92 Å². The minimum atomic E-state index is -4.31. The van der Waals surface area contributed by atoms with Gasteiger partial charge in [-0.15, -0.1) is 0 Å². The van der Waals surface area contributed by atoms with Crippen LogP contribution < -0.4 is 5.32 Å². The van der Waals surface area contributed by atoms with E-state index in [9.17, 15) is 13.2 Å². The highest BCUT2D eigenvalue weighted by atomic mass is 19.4. The lowest BCUT2D eigenvalue weighted by Gasteiger charge is -2.26. The second kappa shape index (κ2) is 5.84. The number of halogens is 3. The van der Waals surface area contributed by atoms with Crippen LogP contribution in [0.3, 0.4) is 0 Å². The Hall–Kier alpha value is -1.90. The van der Waals surface area contributed by atoms with Crippen molar-refractivity contribution in [3.05, 3.63) is 12.7 Å². The van der Waals surface area contributed by atoms with Gasteiger partial charge in [-0.3, -0.25) is 4.90 Å². The average molecular weight is 302 g/mol. The van der Waals surface area contributed by atoms with Crippen molar-refractivity contribution >= 4 is 17.0 Å². The molecule has 0 radical (unpaired) electrons. The predicted octanol–water partition coefficient (Wildman–Crippen LogP) is 1.75. The van der Waals surface area contributed by atoms with Crippen LogP contribution in [0.15, 0.2) is 12.7 Å². The summed E-state index contributed by atoms with van der Waals surface area (Å²) >= 11 is 0. The number of rotatable bonds is 5. The summed E-state index contributed by atoms with van der Waals surface area (Å²) in [5.41, 5.74) is 1.07. The van der Waals surface area contributed by atoms with Gasteiger partial charge in [0.2, 0.25) is 0 Å². The van der Waals surface area contributed by atoms with Crippen LogP contribution in [-0.2, 0) is 6.54 Å². The van der Waals surface area contributed by atoms with Gasteiger partial charge in [-0.2, -0.15) is 13.2 Å². The highest BCUT2D eigenvalue weighted by Gasteiger charge is 2.41. The van der Waals surface area contributed by atoms with E-state index in [4.69, 9.17) is 0 Å². The molecule has 0 aromatic carbocycles. The first-order chi connectivity index (χ1) is 9.84. The second-order valence-corrected chi connectivity index (χ2v) is 4.83. The van der Waals surface area contributed by atoms with E-state index in [2.05, 4.69) is 20.3 Å². The number of aromatic nitrogens is 4. The largest absolute Gasteiger partial charge is 0.405 e. The van der Waals surface area contributed by atoms with Gasteiger partial charge in [-0.1, -0.05) is 0 Å². The molecule has 6 nitrogen and oxygen atoms in total. The molecular formula is C12H17F3N6. The summed E-state index contributed by atoms with van der Waals surface area (Å²) in [5.74, 6) is 0.309. The fraction of sp³-hybridized carbons (Fsp3) is 0.583. The maximum Gasteiger partial charge on any atom is 0.405 e. The molecule has 0 aliphatic heterocycles. The van der Waals surface area contributed by atoms with Crippen molar-refractivity contribution in [1.82, 2.24) is 24.4 Å². The molecule has 0 saturated carbocycles. The summed E-state index contributed by atoms with van der Waals surface area (Å²) in [5, 5.41) is 2.72. The molecule has 21 heavy (non-hydrogen) atoms. The second-order valence-electron chi connectivity index (χ2n) is 4.83. The molecule has 0 unspecified atom stereocenters. The minimum absolute atomic E-state index is 0.304. The van der Waals surface area contributed by atoms with Gasteiger partial charge >= 0.3 is 6.18 Å². The molecule has 2 aromatic rings. The van der Waals surface area contributed by atoms with E-state index in [1.165, 1.54) is 20.4 Å². The van der Waals surface area contributed by atoms with Crippen molar-refractivity contribution in [3.8, 4) is 0 Å². The first kappa shape index (κ1) is 15.5. The Morgan fingerprint density at radius 3 is 2.57 bits per heavy atom. The smallest absolute Gasteiger partial charge is 0.366 e. The molecular weight excluding hydrogens is 285 g/mol. The zero-order chi connectivity index (χ0) is 15.6. The summed E-state index contributed by atoms with van der Waals surface area (Å²) < 4.78 is 40.5. The summed E-state index contributed by atoms with van der Waals surface area (Å²) in [6, 6.07) is -1.60. The monoisotopic (exact) mass is 302 g/mol. The van der Waals surface area contributed by atoms with E-state index >= 15 is 0 Å². The van der Waals surface area contributed by atoms with Crippen LogP contribution in [-0.4, -0.2) is 57.3 Å². The Morgan fingerprint density at radius 2 is 2.00 bits per heavy atom. The molecule has 1 atom stereocenters. The topological polar surface area (TPSA) is 58.9 Å². The van der Waals surface area contributed by atoms with Crippen LogP contribution in [0.5, 0.6) is 0 Å². The molecule has 116 valence electrons. The highest BCUT2D eigenvalue weighted by molar-refractivity contribution is 5.82. The molecule has 0 fully saturated rings. The van der Waals surface area contributed by atoms with Gasteiger partial charge in [0.05, 0.1) is 6.33 Å². The van der Waals surface area contributed by atoms with Crippen molar-refractivity contribution in [1.29, 1.82) is 0 Å². The number of likely N-dealkylation sites (N-methyl/N-ethyl adjacent to an activating group) is 1. The Morgan fingerprint density at radius 1 is 1.29 bits per heavy atom. The van der Waals surface area contributed by atoms with Crippen LogP contribution >= 0.6 is 0 Å². The lowest BCUT2D eigenvalue weighted by atomic mass is 10.2. The molecule has 1 N–H and O–H groups in total. The van der Waals surface area contributed by atoms with E-state index < -0.39 is 12.2 Å². The number of fused-ring (bicyclic) bond motifs is 1. The van der Waals surface area contributed by atoms with Gasteiger partial charge in [-0.05, 0) is 21.0 Å². The summed E-state index contributed by atoms with van der Waals surface area (Å²) in [7, 11) is 2.78. The van der Waals surface area contributed by atoms with Crippen LogP contribution in [0.1, 0.15) is 6.92 Å². The van der Waals surface area contributed by atoms with Crippen molar-refractivity contribution in [3.63, 3.8) is 0 Å². The normalized spacial score (nSPS) is 13.9. The summed E-state index contributed by atoms with van der Waals surface area (Å²) in [6.45, 7) is 2.31. The number of imidazole rings is 1. The van der Waals surface area contributed by atoms with E-state index in [0.717, 1.165) is 4.90 Å². The molecule has 2 heterocycles. The summed E-state index contributed by atoms with van der Waals surface area (Å²) in [4.78, 5) is 13.4. The predicted molar refractivity (Wildman–Crippen MR) is 73.0 cm³/mol. The highest BCUT2D eigenvalue weighted by Crippen LogP contribution is 2.24. The fourth-order valence-electron chi connectivity index (χ4n) is 2.03. The van der Waals surface area contributed by atoms with E-state index in [1.54, 1.807) is 10.9 Å². The SMILES string of the molecule is CCn1cnc2c(NC[C@H](N(C)C)C(F)(F)F)ncnc21. The van der Waals surface area contributed by atoms with Crippen LogP contribution in [0.2, 0.25) is 0 Å². The molecule has 0 amide bonds. The van der Waals surface area contributed by atoms with Crippen LogP contribution in [0, 0.1) is 0 Å². The van der Waals surface area contributed by atoms with Gasteiger partial charge in [0, 0.05) is 13.1 Å². The molecule has 2 rings (SSSR count). The lowest BCUT2D eigenvalue weighted by molar-refractivity contribution is -0.173. The maximum absolute atomic E-state index is 12.9. The molecule has 0 spiro atoms. The molecule has 0 bridgehead atoms. The summed E-state index contributed by atoms with van der Waals surface area (Å²) in [6.07, 6.45) is -1.40. The van der Waals surface area contributed by atoms with E-state index in [-0.39, 0.29) is 6.54 Å². The van der Waals surface area contributed by atoms with Crippen LogP contribution in [0.4, 0.5) is 19.0 Å². The molecule has 0 saturated heterocycles. The molecule has 2 aromatic heterocycles. The number of anilines is 1. The van der Waals surface area contributed by atoms with Crippen molar-refractivity contribution in [2.24, 2.45) is 0 Å². The standard InChI is InChI=1S/C12H17F3N6/c1-4-21-7-19-9-10(17-6-18-11(9)21)16-5-8(20(2)3)12(13,14)15/h6-8H,4-5H2,1-3H3,(H,16,17,18)/t8-/m0/s1. The Balaban J connectivity index is 2.22. The average Bonchev–Trinajstić information content (AvgIpc) is 2.80. The third-order valence-corrected chi connectivity index (χ3v) is 3.21. The van der Waals surface area contributed by atoms with Crippen molar-refractivity contribution in [2.45, 2.75) is 25.7 Å². The zero-order valence-electron chi connectivity index (χ0n) is 12.0. The Bertz CT molecular complexity index is 607. The number of alkyl halides is 3. The molecule has 0 aliphatic rings. The quantitative estimate of drug-likeness (QED) is 0.912. The van der Waals surface area contributed by atoms with Gasteiger partial charge in [0.15, 0.2) is 11.5 Å². The lowest BCUT2D eigenvalue weighted by Crippen LogP contribution is -2.46. The van der Waals surface area contributed by atoms with Crippen molar-refractivity contribution < 1.29 is 13.2 Å². The van der Waals surface area contributed by atoms with Gasteiger partial charge in [-0.25, -0.2) is 15.0 Å². The number of hydrogen-bond donors (Lipinski definition) is 1. The van der Waals surface area contributed by atoms with Crippen molar-refractivity contribution in [2.75, 3.05) is 26.0 Å². The number of hydrogen-bond acceptors (Lipinski definition) is 5. The number of nitrogens with one attached hydrogen (secondary N) is 1. The van der Waals surface area contributed by atoms with Gasteiger partial charge < -0.3 is 9.88 Å². The number of nitrogens with zero attached hydrogens (tertiary/aromatic N) is 5. The van der Waals surface area contributed by atoms with Gasteiger partial charge in [0.25, 0.3) is 0 Å². The third kappa shape index (κ3) is 3.23. The molecule has 9 heteroatoms. The number of aryl methyl sites for hydroxylation is 1. The Kier molecular flexibility index (Phi) is 4.31. The first-order valence-electron chi connectivity index (χ1n) is 6.47. The third-order valence-electron chi connectivity index (χ3n) is 3.21. The first-order valence-corrected chi connectivity index (χ1v) is 6.47. The van der Waals surface area contributed by atoms with Gasteiger partial charge in [0.1, 0.15) is 17.9 Å². The van der Waals surface area contributed by atoms with E-state index in [0.29, 0.717) is 23.5 Å². The molecule has 0 aliphatic carbocycles. The Labute approximate surface area is 120 Å². The van der Waals surface area contributed by atoms with Crippen LogP contribution in [0.25, 0.3) is 11.2 Å². The zero-order valence-corrected chi connectivity index (χ0v) is 12.0. The fourth-order valence-corrected chi connectivity index (χ4v) is 2.03.